The third kappa shape index (κ3) is 4.26. The minimum atomic E-state index is -0.477. The van der Waals surface area contributed by atoms with Gasteiger partial charge in [0, 0.05) is 29.2 Å². The topological polar surface area (TPSA) is 85.6 Å². The standard InChI is InChI=1S/C20H19N3O4S2/c1-28-16-8-9-17-18(11-16)29-20(21-17)22(12-15-3-2-10-27-15)19(24)13-4-6-14(7-5-13)23(25)26/h4-9,11,15H,2-3,10,12H2,1H3. The van der Waals surface area contributed by atoms with Crippen molar-refractivity contribution in [2.45, 2.75) is 23.8 Å². The van der Waals surface area contributed by atoms with Crippen molar-refractivity contribution in [3.8, 4) is 0 Å². The van der Waals surface area contributed by atoms with Crippen LogP contribution in [0.25, 0.3) is 10.2 Å². The first-order chi connectivity index (χ1) is 14.0. The molecule has 0 radical (unpaired) electrons. The molecule has 0 spiro atoms. The SMILES string of the molecule is CSc1ccc2nc(N(CC3CCCO3)C(=O)c3ccc([N+](=O)[O-])cc3)sc2c1. The van der Waals surface area contributed by atoms with Crippen molar-refractivity contribution in [2.24, 2.45) is 0 Å². The summed E-state index contributed by atoms with van der Waals surface area (Å²) >= 11 is 3.12. The van der Waals surface area contributed by atoms with E-state index in [9.17, 15) is 14.9 Å². The molecule has 0 bridgehead atoms. The van der Waals surface area contributed by atoms with Crippen LogP contribution in [0.1, 0.15) is 23.2 Å². The average Bonchev–Trinajstić information content (AvgIpc) is 3.40. The summed E-state index contributed by atoms with van der Waals surface area (Å²) in [7, 11) is 0. The summed E-state index contributed by atoms with van der Waals surface area (Å²) in [4.78, 5) is 31.2. The van der Waals surface area contributed by atoms with Crippen LogP contribution >= 0.6 is 23.1 Å². The molecule has 2 heterocycles. The van der Waals surface area contributed by atoms with Gasteiger partial charge in [-0.25, -0.2) is 4.98 Å². The number of carbonyl (C=O) groups excluding carboxylic acids is 1. The number of fused-ring (bicyclic) bond motifs is 1. The summed E-state index contributed by atoms with van der Waals surface area (Å²) in [5.41, 5.74) is 1.19. The minimum Gasteiger partial charge on any atom is -0.376 e. The van der Waals surface area contributed by atoms with Crippen molar-refractivity contribution < 1.29 is 14.5 Å². The molecule has 1 amide bonds. The van der Waals surface area contributed by atoms with E-state index >= 15 is 0 Å². The lowest BCUT2D eigenvalue weighted by molar-refractivity contribution is -0.384. The number of hydrogen-bond acceptors (Lipinski definition) is 7. The number of non-ortho nitro benzene ring substituents is 1. The predicted molar refractivity (Wildman–Crippen MR) is 115 cm³/mol. The molecule has 150 valence electrons. The number of nitro groups is 1. The van der Waals surface area contributed by atoms with E-state index in [2.05, 4.69) is 11.1 Å². The molecule has 1 unspecified atom stereocenters. The van der Waals surface area contributed by atoms with Crippen LogP contribution in [0.3, 0.4) is 0 Å². The maximum Gasteiger partial charge on any atom is 0.269 e. The summed E-state index contributed by atoms with van der Waals surface area (Å²) in [6.07, 6.45) is 3.85. The smallest absolute Gasteiger partial charge is 0.269 e. The van der Waals surface area contributed by atoms with Crippen molar-refractivity contribution in [3.63, 3.8) is 0 Å². The van der Waals surface area contributed by atoms with Crippen molar-refractivity contribution >= 4 is 50.0 Å². The van der Waals surface area contributed by atoms with E-state index in [1.807, 2.05) is 18.4 Å². The zero-order chi connectivity index (χ0) is 20.4. The van der Waals surface area contributed by atoms with Gasteiger partial charge in [-0.1, -0.05) is 11.3 Å². The number of amides is 1. The van der Waals surface area contributed by atoms with Crippen LogP contribution < -0.4 is 4.90 Å². The highest BCUT2D eigenvalue weighted by Crippen LogP contribution is 2.33. The number of benzene rings is 2. The van der Waals surface area contributed by atoms with Crippen LogP contribution in [0.2, 0.25) is 0 Å². The van der Waals surface area contributed by atoms with Crippen LogP contribution in [0.15, 0.2) is 47.4 Å². The molecule has 0 N–H and O–H groups in total. The van der Waals surface area contributed by atoms with Gasteiger partial charge < -0.3 is 4.74 Å². The largest absolute Gasteiger partial charge is 0.376 e. The Morgan fingerprint density at radius 2 is 2.14 bits per heavy atom. The van der Waals surface area contributed by atoms with Crippen LogP contribution in [-0.4, -0.2) is 41.3 Å². The number of hydrogen-bond donors (Lipinski definition) is 0. The fourth-order valence-electron chi connectivity index (χ4n) is 3.26. The molecule has 2 aromatic carbocycles. The lowest BCUT2D eigenvalue weighted by Crippen LogP contribution is -2.37. The Morgan fingerprint density at radius 1 is 1.34 bits per heavy atom. The molecule has 0 aliphatic carbocycles. The second-order valence-electron chi connectivity index (χ2n) is 6.68. The summed E-state index contributed by atoms with van der Waals surface area (Å²) < 4.78 is 6.76. The predicted octanol–water partition coefficient (Wildman–Crippen LogP) is 4.75. The summed E-state index contributed by atoms with van der Waals surface area (Å²) in [6, 6.07) is 11.7. The van der Waals surface area contributed by atoms with Gasteiger partial charge in [-0.05, 0) is 49.4 Å². The molecule has 29 heavy (non-hydrogen) atoms. The van der Waals surface area contributed by atoms with E-state index in [-0.39, 0.29) is 17.7 Å². The molecule has 1 fully saturated rings. The van der Waals surface area contributed by atoms with Crippen LogP contribution in [-0.2, 0) is 4.74 Å². The second kappa shape index (κ2) is 8.48. The number of carbonyl (C=O) groups is 1. The molecule has 1 saturated heterocycles. The van der Waals surface area contributed by atoms with E-state index in [4.69, 9.17) is 4.74 Å². The van der Waals surface area contributed by atoms with Gasteiger partial charge >= 0.3 is 0 Å². The Labute approximate surface area is 175 Å². The van der Waals surface area contributed by atoms with E-state index < -0.39 is 4.92 Å². The van der Waals surface area contributed by atoms with Crippen molar-refractivity contribution in [2.75, 3.05) is 24.3 Å². The molecular weight excluding hydrogens is 410 g/mol. The van der Waals surface area contributed by atoms with E-state index in [0.29, 0.717) is 23.8 Å². The Bertz CT molecular complexity index is 1050. The first kappa shape index (κ1) is 19.8. The molecule has 9 heteroatoms. The van der Waals surface area contributed by atoms with Gasteiger partial charge in [-0.15, -0.1) is 11.8 Å². The molecule has 3 aromatic rings. The molecule has 1 aliphatic rings. The Balaban J connectivity index is 1.68. The molecule has 1 atom stereocenters. The molecular formula is C20H19N3O4S2. The van der Waals surface area contributed by atoms with Gasteiger partial charge in [0.15, 0.2) is 5.13 Å². The van der Waals surface area contributed by atoms with Gasteiger partial charge in [-0.2, -0.15) is 0 Å². The number of rotatable bonds is 6. The second-order valence-corrected chi connectivity index (χ2v) is 8.57. The van der Waals surface area contributed by atoms with Crippen molar-refractivity contribution in [3.05, 3.63) is 58.1 Å². The number of ether oxygens (including phenoxy) is 1. The highest BCUT2D eigenvalue weighted by atomic mass is 32.2. The fourth-order valence-corrected chi connectivity index (χ4v) is 4.78. The summed E-state index contributed by atoms with van der Waals surface area (Å²) in [5.74, 6) is -0.237. The highest BCUT2D eigenvalue weighted by Gasteiger charge is 2.27. The Morgan fingerprint density at radius 3 is 2.79 bits per heavy atom. The maximum absolute atomic E-state index is 13.3. The minimum absolute atomic E-state index is 0.0363. The molecule has 4 rings (SSSR count). The zero-order valence-electron chi connectivity index (χ0n) is 15.7. The molecule has 7 nitrogen and oxygen atoms in total. The zero-order valence-corrected chi connectivity index (χ0v) is 17.4. The number of aromatic nitrogens is 1. The van der Waals surface area contributed by atoms with Crippen LogP contribution in [0.5, 0.6) is 0 Å². The Kier molecular flexibility index (Phi) is 5.79. The Hall–Kier alpha value is -2.49. The van der Waals surface area contributed by atoms with Gasteiger partial charge in [-0.3, -0.25) is 19.8 Å². The van der Waals surface area contributed by atoms with Gasteiger partial charge in [0.05, 0.1) is 27.8 Å². The highest BCUT2D eigenvalue weighted by molar-refractivity contribution is 7.98. The fraction of sp³-hybridized carbons (Fsp3) is 0.300. The van der Waals surface area contributed by atoms with Gasteiger partial charge in [0.1, 0.15) is 0 Å². The van der Waals surface area contributed by atoms with E-state index in [1.165, 1.54) is 35.6 Å². The van der Waals surface area contributed by atoms with Crippen molar-refractivity contribution in [1.29, 1.82) is 0 Å². The number of nitro benzene ring substituents is 1. The average molecular weight is 430 g/mol. The molecule has 0 saturated carbocycles. The number of anilines is 1. The number of nitrogens with zero attached hydrogens (tertiary/aromatic N) is 3. The van der Waals surface area contributed by atoms with Crippen LogP contribution in [0.4, 0.5) is 10.8 Å². The third-order valence-electron chi connectivity index (χ3n) is 4.80. The first-order valence-electron chi connectivity index (χ1n) is 9.17. The van der Waals surface area contributed by atoms with E-state index in [1.54, 1.807) is 16.7 Å². The molecule has 1 aliphatic heterocycles. The lowest BCUT2D eigenvalue weighted by Gasteiger charge is -2.23. The lowest BCUT2D eigenvalue weighted by atomic mass is 10.1. The van der Waals surface area contributed by atoms with Gasteiger partial charge in [0.25, 0.3) is 11.6 Å². The van der Waals surface area contributed by atoms with E-state index in [0.717, 1.165) is 28.0 Å². The number of thioether (sulfide) groups is 1. The normalized spacial score (nSPS) is 16.2. The summed E-state index contributed by atoms with van der Waals surface area (Å²) in [5, 5.41) is 11.5. The third-order valence-corrected chi connectivity index (χ3v) is 6.56. The maximum atomic E-state index is 13.3. The van der Waals surface area contributed by atoms with Gasteiger partial charge in [0.2, 0.25) is 0 Å². The van der Waals surface area contributed by atoms with Crippen LogP contribution in [0, 0.1) is 10.1 Å². The quantitative estimate of drug-likeness (QED) is 0.319. The number of thiazole rings is 1. The molecule has 1 aromatic heterocycles. The summed E-state index contributed by atoms with van der Waals surface area (Å²) in [6.45, 7) is 1.10. The monoisotopic (exact) mass is 429 g/mol. The van der Waals surface area contributed by atoms with Crippen molar-refractivity contribution in [1.82, 2.24) is 4.98 Å². The first-order valence-corrected chi connectivity index (χ1v) is 11.2.